The Hall–Kier alpha value is -0.570. The Labute approximate surface area is 78.7 Å². The summed E-state index contributed by atoms with van der Waals surface area (Å²) >= 11 is 0. The Kier molecular flexibility index (Phi) is 2.28. The van der Waals surface area contributed by atoms with Crippen molar-refractivity contribution in [2.45, 2.75) is 44.1 Å². The fourth-order valence-corrected chi connectivity index (χ4v) is 2.12. The summed E-state index contributed by atoms with van der Waals surface area (Å²) in [6.07, 6.45) is 5.48. The van der Waals surface area contributed by atoms with Crippen LogP contribution >= 0.6 is 0 Å². The predicted octanol–water partition coefficient (Wildman–Crippen LogP) is 0.914. The molecule has 1 N–H and O–H groups in total. The minimum Gasteiger partial charge on any atom is -0.390 e. The lowest BCUT2D eigenvalue weighted by atomic mass is 9.78. The van der Waals surface area contributed by atoms with E-state index in [4.69, 9.17) is 0 Å². The van der Waals surface area contributed by atoms with Gasteiger partial charge in [0.2, 0.25) is 5.91 Å². The first-order chi connectivity index (χ1) is 6.20. The number of carbonyl (C=O) groups excluding carboxylic acids is 1. The van der Waals surface area contributed by atoms with E-state index < -0.39 is 5.60 Å². The molecule has 0 spiro atoms. The van der Waals surface area contributed by atoms with E-state index in [1.807, 2.05) is 4.90 Å². The summed E-state index contributed by atoms with van der Waals surface area (Å²) in [7, 11) is 0. The lowest BCUT2D eigenvalue weighted by Gasteiger charge is -2.37. The number of amides is 1. The van der Waals surface area contributed by atoms with Gasteiger partial charge in [-0.05, 0) is 32.1 Å². The van der Waals surface area contributed by atoms with Crippen LogP contribution in [-0.2, 0) is 4.79 Å². The SMILES string of the molecule is O=C1CCCN1CCC1(O)CCC1. The van der Waals surface area contributed by atoms with Gasteiger partial charge in [-0.2, -0.15) is 0 Å². The molecule has 2 aliphatic rings. The van der Waals surface area contributed by atoms with E-state index >= 15 is 0 Å². The van der Waals surface area contributed by atoms with Crippen LogP contribution in [0, 0.1) is 0 Å². The summed E-state index contributed by atoms with van der Waals surface area (Å²) in [4.78, 5) is 13.1. The highest BCUT2D eigenvalue weighted by atomic mass is 16.3. The molecule has 74 valence electrons. The van der Waals surface area contributed by atoms with E-state index in [2.05, 4.69) is 0 Å². The molecule has 0 aromatic heterocycles. The first-order valence-electron chi connectivity index (χ1n) is 5.20. The Balaban J connectivity index is 1.75. The molecule has 1 heterocycles. The third kappa shape index (κ3) is 1.85. The van der Waals surface area contributed by atoms with E-state index in [-0.39, 0.29) is 5.91 Å². The van der Waals surface area contributed by atoms with Gasteiger partial charge in [-0.1, -0.05) is 0 Å². The molecule has 1 amide bonds. The topological polar surface area (TPSA) is 40.5 Å². The van der Waals surface area contributed by atoms with Gasteiger partial charge in [0.1, 0.15) is 0 Å². The van der Waals surface area contributed by atoms with Gasteiger partial charge in [-0.3, -0.25) is 4.79 Å². The fourth-order valence-electron chi connectivity index (χ4n) is 2.12. The zero-order valence-corrected chi connectivity index (χ0v) is 7.96. The largest absolute Gasteiger partial charge is 0.390 e. The molecule has 13 heavy (non-hydrogen) atoms. The first kappa shape index (κ1) is 9.00. The molecular weight excluding hydrogens is 166 g/mol. The molecule has 0 aromatic rings. The predicted molar refractivity (Wildman–Crippen MR) is 49.2 cm³/mol. The normalized spacial score (nSPS) is 26.2. The van der Waals surface area contributed by atoms with Gasteiger partial charge >= 0.3 is 0 Å². The standard InChI is InChI=1S/C10H17NO2/c12-9-3-1-7-11(9)8-6-10(13)4-2-5-10/h13H,1-8H2. The zero-order valence-electron chi connectivity index (χ0n) is 7.96. The summed E-state index contributed by atoms with van der Waals surface area (Å²) in [6, 6.07) is 0. The Morgan fingerprint density at radius 3 is 2.62 bits per heavy atom. The van der Waals surface area contributed by atoms with Crippen molar-refractivity contribution in [2.75, 3.05) is 13.1 Å². The number of hydrogen-bond donors (Lipinski definition) is 1. The van der Waals surface area contributed by atoms with Crippen LogP contribution in [0.15, 0.2) is 0 Å². The van der Waals surface area contributed by atoms with E-state index in [0.717, 1.165) is 45.2 Å². The van der Waals surface area contributed by atoms with Gasteiger partial charge in [0.15, 0.2) is 0 Å². The van der Waals surface area contributed by atoms with E-state index in [1.165, 1.54) is 0 Å². The molecule has 3 nitrogen and oxygen atoms in total. The molecule has 2 rings (SSSR count). The molecule has 1 aliphatic carbocycles. The maximum Gasteiger partial charge on any atom is 0.222 e. The van der Waals surface area contributed by atoms with Gasteiger partial charge < -0.3 is 10.0 Å². The average Bonchev–Trinajstić information content (AvgIpc) is 2.44. The van der Waals surface area contributed by atoms with E-state index in [1.54, 1.807) is 0 Å². The number of hydrogen-bond acceptors (Lipinski definition) is 2. The number of likely N-dealkylation sites (tertiary alicyclic amines) is 1. The van der Waals surface area contributed by atoms with Crippen molar-refractivity contribution in [1.29, 1.82) is 0 Å². The number of carbonyl (C=O) groups is 1. The summed E-state index contributed by atoms with van der Waals surface area (Å²) < 4.78 is 0. The van der Waals surface area contributed by atoms with Crippen LogP contribution in [0.5, 0.6) is 0 Å². The van der Waals surface area contributed by atoms with Gasteiger partial charge in [0.05, 0.1) is 5.60 Å². The highest BCUT2D eigenvalue weighted by Gasteiger charge is 2.35. The van der Waals surface area contributed by atoms with Crippen LogP contribution in [0.2, 0.25) is 0 Å². The Morgan fingerprint density at radius 1 is 1.38 bits per heavy atom. The summed E-state index contributed by atoms with van der Waals surface area (Å²) in [6.45, 7) is 1.66. The van der Waals surface area contributed by atoms with Gasteiger partial charge in [-0.15, -0.1) is 0 Å². The second-order valence-electron chi connectivity index (χ2n) is 4.31. The molecule has 0 aromatic carbocycles. The van der Waals surface area contributed by atoms with Crippen LogP contribution in [0.4, 0.5) is 0 Å². The first-order valence-corrected chi connectivity index (χ1v) is 5.20. The van der Waals surface area contributed by atoms with E-state index in [0.29, 0.717) is 6.42 Å². The zero-order chi connectivity index (χ0) is 9.31. The molecule has 0 atom stereocenters. The van der Waals surface area contributed by atoms with Crippen molar-refractivity contribution in [2.24, 2.45) is 0 Å². The van der Waals surface area contributed by atoms with E-state index in [9.17, 15) is 9.90 Å². The number of nitrogens with zero attached hydrogens (tertiary/aromatic N) is 1. The van der Waals surface area contributed by atoms with Crippen molar-refractivity contribution >= 4 is 5.91 Å². The molecule has 3 heteroatoms. The molecule has 0 bridgehead atoms. The molecule has 1 saturated heterocycles. The van der Waals surface area contributed by atoms with Crippen LogP contribution in [0.3, 0.4) is 0 Å². The molecule has 1 aliphatic heterocycles. The summed E-state index contributed by atoms with van der Waals surface area (Å²) in [5, 5.41) is 9.82. The Morgan fingerprint density at radius 2 is 2.15 bits per heavy atom. The van der Waals surface area contributed by atoms with Gasteiger partial charge in [-0.25, -0.2) is 0 Å². The smallest absolute Gasteiger partial charge is 0.222 e. The quantitative estimate of drug-likeness (QED) is 0.706. The van der Waals surface area contributed by atoms with Crippen LogP contribution in [0.25, 0.3) is 0 Å². The minimum absolute atomic E-state index is 0.267. The van der Waals surface area contributed by atoms with Gasteiger partial charge in [0.25, 0.3) is 0 Å². The molecule has 0 unspecified atom stereocenters. The molecule has 2 fully saturated rings. The Bertz CT molecular complexity index is 211. The van der Waals surface area contributed by atoms with Crippen molar-refractivity contribution < 1.29 is 9.90 Å². The second kappa shape index (κ2) is 3.29. The fraction of sp³-hybridized carbons (Fsp3) is 0.900. The van der Waals surface area contributed by atoms with Gasteiger partial charge in [0, 0.05) is 19.5 Å². The lowest BCUT2D eigenvalue weighted by molar-refractivity contribution is -0.128. The second-order valence-corrected chi connectivity index (χ2v) is 4.31. The van der Waals surface area contributed by atoms with Crippen molar-refractivity contribution in [3.05, 3.63) is 0 Å². The third-order valence-electron chi connectivity index (χ3n) is 3.30. The molecular formula is C10H17NO2. The van der Waals surface area contributed by atoms with Crippen molar-refractivity contribution in [1.82, 2.24) is 4.90 Å². The maximum atomic E-state index is 11.2. The highest BCUT2D eigenvalue weighted by Crippen LogP contribution is 2.34. The molecule has 0 radical (unpaired) electrons. The number of rotatable bonds is 3. The monoisotopic (exact) mass is 183 g/mol. The van der Waals surface area contributed by atoms with Crippen LogP contribution < -0.4 is 0 Å². The summed E-state index contributed by atoms with van der Waals surface area (Å²) in [5.74, 6) is 0.267. The minimum atomic E-state index is -0.428. The maximum absolute atomic E-state index is 11.2. The van der Waals surface area contributed by atoms with Crippen molar-refractivity contribution in [3.63, 3.8) is 0 Å². The number of aliphatic hydroxyl groups is 1. The highest BCUT2D eigenvalue weighted by molar-refractivity contribution is 5.78. The average molecular weight is 183 g/mol. The van der Waals surface area contributed by atoms with Crippen LogP contribution in [-0.4, -0.2) is 34.6 Å². The third-order valence-corrected chi connectivity index (χ3v) is 3.30. The van der Waals surface area contributed by atoms with Crippen molar-refractivity contribution in [3.8, 4) is 0 Å². The summed E-state index contributed by atoms with van der Waals surface area (Å²) in [5.41, 5.74) is -0.428. The van der Waals surface area contributed by atoms with Crippen LogP contribution in [0.1, 0.15) is 38.5 Å². The molecule has 1 saturated carbocycles. The lowest BCUT2D eigenvalue weighted by Crippen LogP contribution is -2.40.